The summed E-state index contributed by atoms with van der Waals surface area (Å²) >= 11 is 0. The molecule has 80 valence electrons. The fraction of sp³-hybridized carbons (Fsp3) is 0.364. The van der Waals surface area contributed by atoms with Gasteiger partial charge in [-0.2, -0.15) is 0 Å². The number of carbonyl (C=O) groups excluding carboxylic acids is 1. The van der Waals surface area contributed by atoms with Crippen LogP contribution in [0, 0.1) is 0 Å². The quantitative estimate of drug-likeness (QED) is 0.688. The van der Waals surface area contributed by atoms with E-state index in [2.05, 4.69) is 16.7 Å². The van der Waals surface area contributed by atoms with Crippen LogP contribution in [0.2, 0.25) is 0 Å². The Morgan fingerprint density at radius 2 is 2.20 bits per heavy atom. The lowest BCUT2D eigenvalue weighted by molar-refractivity contribution is -0.114. The van der Waals surface area contributed by atoms with Crippen molar-refractivity contribution in [1.82, 2.24) is 0 Å². The molecule has 0 fully saturated rings. The second-order valence-electron chi connectivity index (χ2n) is 3.67. The van der Waals surface area contributed by atoms with Crippen molar-refractivity contribution < 1.29 is 4.79 Å². The molecule has 0 radical (unpaired) electrons. The summed E-state index contributed by atoms with van der Waals surface area (Å²) in [4.78, 5) is 11.2. The van der Waals surface area contributed by atoms with Crippen LogP contribution in [0.3, 0.4) is 0 Å². The van der Waals surface area contributed by atoms with Crippen LogP contribution < -0.4 is 16.4 Å². The van der Waals surface area contributed by atoms with E-state index in [1.165, 1.54) is 5.56 Å². The van der Waals surface area contributed by atoms with Crippen LogP contribution in [0.5, 0.6) is 0 Å². The number of hydrogen-bond donors (Lipinski definition) is 3. The predicted octanol–water partition coefficient (Wildman–Crippen LogP) is 0.942. The number of aryl methyl sites for hydroxylation is 1. The molecule has 0 saturated heterocycles. The average molecular weight is 205 g/mol. The number of rotatable bonds is 3. The van der Waals surface area contributed by atoms with Gasteiger partial charge in [-0.05, 0) is 37.1 Å². The minimum Gasteiger partial charge on any atom is -0.374 e. The third-order valence-corrected chi connectivity index (χ3v) is 2.47. The van der Waals surface area contributed by atoms with Gasteiger partial charge in [0, 0.05) is 0 Å². The number of hydrogen-bond acceptors (Lipinski definition) is 3. The van der Waals surface area contributed by atoms with Crippen LogP contribution >= 0.6 is 0 Å². The van der Waals surface area contributed by atoms with E-state index in [-0.39, 0.29) is 5.91 Å². The van der Waals surface area contributed by atoms with Gasteiger partial charge in [-0.3, -0.25) is 4.79 Å². The first-order valence-corrected chi connectivity index (χ1v) is 5.16. The number of anilines is 2. The van der Waals surface area contributed by atoms with Crippen LogP contribution in [0.4, 0.5) is 11.4 Å². The first kappa shape index (κ1) is 9.98. The third kappa shape index (κ3) is 2.27. The molecule has 1 heterocycles. The normalized spacial score (nSPS) is 14.1. The molecule has 0 saturated carbocycles. The molecule has 1 amide bonds. The molecule has 0 atom stereocenters. The molecule has 0 spiro atoms. The van der Waals surface area contributed by atoms with Crippen molar-refractivity contribution in [1.29, 1.82) is 0 Å². The lowest BCUT2D eigenvalue weighted by Gasteiger charge is -2.19. The number of nitrogens with two attached hydrogens (primary N) is 1. The molecular weight excluding hydrogens is 190 g/mol. The minimum atomic E-state index is 0.0125. The summed E-state index contributed by atoms with van der Waals surface area (Å²) in [6.45, 7) is 1.05. The molecule has 15 heavy (non-hydrogen) atoms. The molecule has 2 rings (SSSR count). The summed E-state index contributed by atoms with van der Waals surface area (Å²) in [5, 5.41) is 5.90. The van der Waals surface area contributed by atoms with Gasteiger partial charge in [-0.1, -0.05) is 6.07 Å². The van der Waals surface area contributed by atoms with E-state index < -0.39 is 0 Å². The smallest absolute Gasteiger partial charge is 0.243 e. The fourth-order valence-corrected chi connectivity index (χ4v) is 1.68. The monoisotopic (exact) mass is 205 g/mol. The maximum Gasteiger partial charge on any atom is 0.243 e. The molecule has 1 aromatic carbocycles. The first-order chi connectivity index (χ1) is 7.29. The summed E-state index contributed by atoms with van der Waals surface area (Å²) in [7, 11) is 0. The maximum absolute atomic E-state index is 11.2. The molecule has 4 heteroatoms. The second kappa shape index (κ2) is 4.31. The van der Waals surface area contributed by atoms with Gasteiger partial charge < -0.3 is 16.4 Å². The van der Waals surface area contributed by atoms with Gasteiger partial charge in [-0.25, -0.2) is 0 Å². The van der Waals surface area contributed by atoms with Gasteiger partial charge >= 0.3 is 0 Å². The van der Waals surface area contributed by atoms with Crippen molar-refractivity contribution in [2.24, 2.45) is 5.73 Å². The van der Waals surface area contributed by atoms with Crippen LogP contribution in [-0.4, -0.2) is 19.0 Å². The van der Waals surface area contributed by atoms with Crippen LogP contribution in [0.1, 0.15) is 12.0 Å². The van der Waals surface area contributed by atoms with E-state index in [1.807, 2.05) is 12.1 Å². The van der Waals surface area contributed by atoms with E-state index >= 15 is 0 Å². The molecule has 0 bridgehead atoms. The van der Waals surface area contributed by atoms with Crippen LogP contribution in [0.25, 0.3) is 0 Å². The van der Waals surface area contributed by atoms with Crippen molar-refractivity contribution >= 4 is 17.3 Å². The van der Waals surface area contributed by atoms with E-state index in [0.717, 1.165) is 24.2 Å². The third-order valence-electron chi connectivity index (χ3n) is 2.47. The summed E-state index contributed by atoms with van der Waals surface area (Å²) in [5.41, 5.74) is 8.53. The summed E-state index contributed by atoms with van der Waals surface area (Å²) in [6.07, 6.45) is 1.93. The average Bonchev–Trinajstić information content (AvgIpc) is 2.25. The molecular formula is C11H15N3O. The fourth-order valence-electron chi connectivity index (χ4n) is 1.68. The highest BCUT2D eigenvalue weighted by molar-refractivity contribution is 6.00. The molecule has 0 unspecified atom stereocenters. The highest BCUT2D eigenvalue weighted by atomic mass is 16.2. The summed E-state index contributed by atoms with van der Waals surface area (Å²) < 4.78 is 0. The zero-order valence-electron chi connectivity index (χ0n) is 8.55. The Bertz CT molecular complexity index is 376. The van der Waals surface area contributed by atoms with E-state index in [1.54, 1.807) is 0 Å². The van der Waals surface area contributed by atoms with Gasteiger partial charge in [0.1, 0.15) is 0 Å². The molecule has 4 nitrogen and oxygen atoms in total. The van der Waals surface area contributed by atoms with Gasteiger partial charge in [0.15, 0.2) is 0 Å². The number of amides is 1. The Kier molecular flexibility index (Phi) is 2.87. The number of fused-ring (bicyclic) bond motifs is 1. The van der Waals surface area contributed by atoms with Crippen LogP contribution in [0.15, 0.2) is 18.2 Å². The second-order valence-corrected chi connectivity index (χ2v) is 3.67. The molecule has 0 aliphatic carbocycles. The molecule has 4 N–H and O–H groups in total. The van der Waals surface area contributed by atoms with Crippen LogP contribution in [-0.2, 0) is 11.2 Å². The van der Waals surface area contributed by atoms with Gasteiger partial charge in [0.2, 0.25) is 5.91 Å². The largest absolute Gasteiger partial charge is 0.374 e. The highest BCUT2D eigenvalue weighted by Gasteiger charge is 2.13. The Balaban J connectivity index is 2.17. The highest BCUT2D eigenvalue weighted by Crippen LogP contribution is 2.26. The van der Waals surface area contributed by atoms with Crippen molar-refractivity contribution in [2.45, 2.75) is 12.8 Å². The Morgan fingerprint density at radius 1 is 1.33 bits per heavy atom. The van der Waals surface area contributed by atoms with Crippen molar-refractivity contribution in [2.75, 3.05) is 23.7 Å². The number of benzene rings is 1. The Labute approximate surface area is 88.9 Å². The van der Waals surface area contributed by atoms with Crippen molar-refractivity contribution in [3.63, 3.8) is 0 Å². The summed E-state index contributed by atoms with van der Waals surface area (Å²) in [5.74, 6) is 0.0125. The van der Waals surface area contributed by atoms with Crippen molar-refractivity contribution in [3.8, 4) is 0 Å². The topological polar surface area (TPSA) is 67.1 Å². The van der Waals surface area contributed by atoms with E-state index in [0.29, 0.717) is 13.1 Å². The van der Waals surface area contributed by atoms with Gasteiger partial charge in [-0.15, -0.1) is 0 Å². The molecule has 1 aliphatic heterocycles. The molecule has 0 aromatic heterocycles. The maximum atomic E-state index is 11.2. The first-order valence-electron chi connectivity index (χ1n) is 5.16. The van der Waals surface area contributed by atoms with E-state index in [4.69, 9.17) is 5.73 Å². The predicted molar refractivity (Wildman–Crippen MR) is 60.9 cm³/mol. The van der Waals surface area contributed by atoms with Crippen molar-refractivity contribution in [3.05, 3.63) is 23.8 Å². The van der Waals surface area contributed by atoms with Gasteiger partial charge in [0.05, 0.1) is 17.9 Å². The Hall–Kier alpha value is -1.55. The zero-order valence-corrected chi connectivity index (χ0v) is 8.55. The standard InChI is InChI=1S/C11H15N3O/c12-5-1-2-8-3-4-9-10(6-8)14-11(15)7-13-9/h3-4,6,13H,1-2,5,7,12H2,(H,14,15). The molecule has 1 aliphatic rings. The lowest BCUT2D eigenvalue weighted by Crippen LogP contribution is -2.27. The molecule has 1 aromatic rings. The lowest BCUT2D eigenvalue weighted by atomic mass is 10.1. The summed E-state index contributed by atoms with van der Waals surface area (Å²) in [6, 6.07) is 6.08. The number of carbonyl (C=O) groups is 1. The van der Waals surface area contributed by atoms with Gasteiger partial charge in [0.25, 0.3) is 0 Å². The SMILES string of the molecule is NCCCc1ccc2c(c1)NC(=O)CN2. The van der Waals surface area contributed by atoms with E-state index in [9.17, 15) is 4.79 Å². The minimum absolute atomic E-state index is 0.0125. The number of nitrogens with one attached hydrogen (secondary N) is 2. The Morgan fingerprint density at radius 3 is 3.00 bits per heavy atom. The zero-order chi connectivity index (χ0) is 10.7.